The molecule has 21 rings (SSSR count). The molecule has 1 saturated carbocycles. The zero-order chi connectivity index (χ0) is 87.6. The molecule has 11 aromatic heterocycles. The van der Waals surface area contributed by atoms with Crippen molar-refractivity contribution < 1.29 is 22.4 Å². The second-order valence-electron chi connectivity index (χ2n) is 33.7. The van der Waals surface area contributed by atoms with Crippen LogP contribution < -0.4 is 58.0 Å². The molecule has 0 spiro atoms. The molecule has 4 aromatic carbocycles. The highest BCUT2D eigenvalue weighted by molar-refractivity contribution is 6.33. The first kappa shape index (κ1) is 84.1. The summed E-state index contributed by atoms with van der Waals surface area (Å²) >= 11 is 6.67. The third-order valence-corrected chi connectivity index (χ3v) is 25.4. The Labute approximate surface area is 741 Å². The Morgan fingerprint density at radius 2 is 1.25 bits per heavy atom. The summed E-state index contributed by atoms with van der Waals surface area (Å²) in [6.07, 6.45) is 21.7. The predicted octanol–water partition coefficient (Wildman–Crippen LogP) is 14.3. The number of anilines is 9. The van der Waals surface area contributed by atoms with Gasteiger partial charge in [0.1, 0.15) is 46.7 Å². The number of rotatable bonds is 20. The standard InChI is InChI=1S/C32H36N10O2.C31H30ClN7O3.C31H33FN8O2/c1-21-15-28(30-38-35-20-44-30)33-18-27(21)26-16-22-17-34-32(37-29(22)42(31(26)43)14-11-39(2)3)36-23-6-8-24(9-7-23)41-13-12-40-10-4-5-25(40)19-41;1-19-12-20(27-17-42-18-35-27)2-4-24(19)25-13-21-15-34-31(37-29(21)39(30(25)40)23-6-11-41-16-23)36-22-3-5-28(26(32)14-22)38-9-7-33-8-10-38;1-19-16-33-11-12-38(19)26-10-9-22(15-25(26)32)36-31-34-17-21-14-24(28-20(2)39(18-35-28)27-8-5-13-42-27)30(41)40(29(21)37-31)23-6-3-4-7-23/h6-9,15-18,20,25H,4-5,10-14,19H2,1-3H3,(H,34,36,37);2-5,12-15,17-18,23,33H,6-11,16H2,1H3,(H,34,36,37);5,8-10,13-15,17-19,23,33H,3-4,6-7,11-12,16H2,1-2H3,(H,34,36,37). The molecule has 34 heteroatoms. The molecule has 6 aliphatic rings. The van der Waals surface area contributed by atoms with E-state index in [0.29, 0.717) is 123 Å². The maximum atomic E-state index is 15.2. The van der Waals surface area contributed by atoms with E-state index in [4.69, 9.17) is 44.5 Å². The Hall–Kier alpha value is -13.4. The number of likely N-dealkylation sites (N-methyl/N-ethyl adjacent to an activating group) is 1. The number of hydrogen-bond acceptors (Lipinski definition) is 28. The molecular weight excluding hydrogens is 1650 g/mol. The fourth-order valence-electron chi connectivity index (χ4n) is 18.4. The van der Waals surface area contributed by atoms with Crippen LogP contribution in [-0.2, 0) is 11.3 Å². The SMILES string of the molecule is Cc1c(-c2cc3cnc(Nc4ccc(N5CCNCC5C)c(F)c4)nc3n(C3CCCC3)c2=O)ncn1-c1ccco1.Cc1cc(-c2cocn2)ccc1-c1cc2cnc(Nc3ccc(N4CCNCC4)c(Cl)c3)nc2n(C2CCOC2)c1=O.Cc1cc(-c2nnco2)ncc1-c1cc2cnc(Nc3ccc(N4CCN5CCCC5C4)cc3)nc2n(CCN(C)C)c1=O. The lowest BCUT2D eigenvalue weighted by Crippen LogP contribution is -2.50. The fourth-order valence-corrected chi connectivity index (χ4v) is 18.7. The second kappa shape index (κ2) is 36.9. The summed E-state index contributed by atoms with van der Waals surface area (Å²) in [6.45, 7) is 20.8. The van der Waals surface area contributed by atoms with Gasteiger partial charge in [0.05, 0.1) is 52.3 Å². The number of nitrogens with zero attached hydrogens (tertiary/aromatic N) is 20. The zero-order valence-corrected chi connectivity index (χ0v) is 72.8. The lowest BCUT2D eigenvalue weighted by molar-refractivity contribution is 0.186. The number of hydrogen-bond donors (Lipinski definition) is 5. The van der Waals surface area contributed by atoms with Crippen LogP contribution in [0.5, 0.6) is 0 Å². The number of aryl methyl sites for hydroxylation is 2. The van der Waals surface area contributed by atoms with Gasteiger partial charge in [0.25, 0.3) is 22.6 Å². The van der Waals surface area contributed by atoms with Gasteiger partial charge in [0, 0.05) is 195 Å². The quantitative estimate of drug-likeness (QED) is 0.0473. The van der Waals surface area contributed by atoms with Gasteiger partial charge in [-0.15, -0.1) is 10.2 Å². The van der Waals surface area contributed by atoms with Crippen LogP contribution >= 0.6 is 11.6 Å². The van der Waals surface area contributed by atoms with Crippen molar-refractivity contribution in [2.45, 2.75) is 103 Å². The van der Waals surface area contributed by atoms with Gasteiger partial charge in [0.15, 0.2) is 6.39 Å². The first-order chi connectivity index (χ1) is 62.4. The number of ether oxygens (including phenoxy) is 1. The molecule has 15 aromatic rings. The Morgan fingerprint density at radius 1 is 0.578 bits per heavy atom. The monoisotopic (exact) mass is 1740 g/mol. The minimum absolute atomic E-state index is 0.0351. The summed E-state index contributed by atoms with van der Waals surface area (Å²) in [5, 5.41) is 27.1. The molecule has 0 amide bonds. The molecule has 32 nitrogen and oxygen atoms in total. The van der Waals surface area contributed by atoms with E-state index in [9.17, 15) is 14.4 Å². The molecule has 5 N–H and O–H groups in total. The molecule has 0 bridgehead atoms. The zero-order valence-electron chi connectivity index (χ0n) is 72.1. The van der Waals surface area contributed by atoms with Gasteiger partial charge in [-0.05, 0) is 194 Å². The van der Waals surface area contributed by atoms with Crippen LogP contribution in [-0.4, -0.2) is 201 Å². The predicted molar refractivity (Wildman–Crippen MR) is 494 cm³/mol. The highest BCUT2D eigenvalue weighted by Gasteiger charge is 2.33. The minimum atomic E-state index is -0.300. The van der Waals surface area contributed by atoms with E-state index in [0.717, 1.165) is 170 Å². The first-order valence-electron chi connectivity index (χ1n) is 43.7. The van der Waals surface area contributed by atoms with E-state index in [1.54, 1.807) is 58.8 Å². The third-order valence-electron chi connectivity index (χ3n) is 25.1. The maximum absolute atomic E-state index is 15.2. The van der Waals surface area contributed by atoms with Crippen molar-refractivity contribution >= 4 is 96.7 Å². The van der Waals surface area contributed by atoms with Crippen molar-refractivity contribution in [2.75, 3.05) is 136 Å². The number of imidazole rings is 1. The van der Waals surface area contributed by atoms with Gasteiger partial charge in [-0.25, -0.2) is 29.3 Å². The van der Waals surface area contributed by atoms with Crippen LogP contribution in [0.3, 0.4) is 0 Å². The lowest BCUT2D eigenvalue weighted by atomic mass is 9.97. The Kier molecular flexibility index (Phi) is 24.2. The smallest absolute Gasteiger partial charge is 0.266 e. The Bertz CT molecular complexity index is 6730. The van der Waals surface area contributed by atoms with Gasteiger partial charge in [0.2, 0.25) is 30.1 Å². The number of halogens is 2. The molecular formula is C94H99ClFN25O7. The molecule has 128 heavy (non-hydrogen) atoms. The van der Waals surface area contributed by atoms with Gasteiger partial charge >= 0.3 is 0 Å². The van der Waals surface area contributed by atoms with E-state index >= 15 is 4.39 Å². The summed E-state index contributed by atoms with van der Waals surface area (Å²) in [5.74, 6) is 1.80. The molecule has 5 aliphatic heterocycles. The fraction of sp³-hybridized carbons (Fsp3) is 0.340. The van der Waals surface area contributed by atoms with Crippen LogP contribution in [0.4, 0.5) is 56.4 Å². The average molecular weight is 1750 g/mol. The molecule has 3 unspecified atom stereocenters. The van der Waals surface area contributed by atoms with Gasteiger partial charge < -0.3 is 64.2 Å². The second-order valence-corrected chi connectivity index (χ2v) is 34.1. The first-order valence-corrected chi connectivity index (χ1v) is 44.0. The van der Waals surface area contributed by atoms with Crippen LogP contribution in [0.15, 0.2) is 199 Å². The van der Waals surface area contributed by atoms with Crippen molar-refractivity contribution in [2.24, 2.45) is 0 Å². The topological polar surface area (TPSA) is 338 Å². The molecule has 6 fully saturated rings. The lowest BCUT2D eigenvalue weighted by Gasteiger charge is -2.38. The molecule has 656 valence electrons. The number of piperazine rings is 3. The molecule has 1 aliphatic carbocycles. The number of benzene rings is 4. The third kappa shape index (κ3) is 17.5. The van der Waals surface area contributed by atoms with Crippen molar-refractivity contribution in [3.05, 3.63) is 230 Å². The van der Waals surface area contributed by atoms with E-state index in [1.807, 2.05) is 128 Å². The summed E-state index contributed by atoms with van der Waals surface area (Å²) in [4.78, 5) is 95.2. The Balaban J connectivity index is 0.000000125. The van der Waals surface area contributed by atoms with Crippen LogP contribution in [0.1, 0.15) is 80.8 Å². The number of pyridine rings is 4. The van der Waals surface area contributed by atoms with Gasteiger partial charge in [-0.3, -0.25) is 42.5 Å². The Morgan fingerprint density at radius 3 is 1.91 bits per heavy atom. The van der Waals surface area contributed by atoms with Crippen molar-refractivity contribution in [3.8, 4) is 62.2 Å². The highest BCUT2D eigenvalue weighted by atomic mass is 35.5. The average Bonchev–Trinajstić information content (AvgIpc) is 1.42. The molecule has 3 atom stereocenters. The van der Waals surface area contributed by atoms with Gasteiger partial charge in [-0.2, -0.15) is 15.0 Å². The maximum Gasteiger partial charge on any atom is 0.266 e. The van der Waals surface area contributed by atoms with E-state index in [-0.39, 0.29) is 40.6 Å². The minimum Gasteiger partial charge on any atom is -0.451 e. The van der Waals surface area contributed by atoms with Crippen molar-refractivity contribution in [3.63, 3.8) is 0 Å². The normalized spacial score (nSPS) is 17.3. The van der Waals surface area contributed by atoms with E-state index in [2.05, 4.69) is 117 Å². The van der Waals surface area contributed by atoms with Crippen LogP contribution in [0, 0.1) is 26.6 Å². The van der Waals surface area contributed by atoms with Crippen molar-refractivity contribution in [1.82, 2.24) is 93.8 Å². The number of aromatic nitrogens is 15. The number of fused-ring (bicyclic) bond motifs is 4. The highest BCUT2D eigenvalue weighted by Crippen LogP contribution is 2.38. The van der Waals surface area contributed by atoms with E-state index < -0.39 is 0 Å². The summed E-state index contributed by atoms with van der Waals surface area (Å²) in [7, 11) is 3.97. The van der Waals surface area contributed by atoms with Gasteiger partial charge in [-0.1, -0.05) is 36.6 Å². The largest absolute Gasteiger partial charge is 0.451 e. The summed E-state index contributed by atoms with van der Waals surface area (Å²) in [5.41, 5.74) is 15.1. The molecule has 16 heterocycles. The molecule has 0 radical (unpaired) electrons. The molecule has 5 saturated heterocycles. The number of furan rings is 1. The van der Waals surface area contributed by atoms with E-state index in [1.165, 1.54) is 43.9 Å². The summed E-state index contributed by atoms with van der Waals surface area (Å²) < 4.78 is 44.0. The number of oxazole rings is 1. The van der Waals surface area contributed by atoms with Crippen LogP contribution in [0.25, 0.3) is 95.3 Å². The number of nitrogens with one attached hydrogen (secondary N) is 5. The van der Waals surface area contributed by atoms with Crippen LogP contribution in [0.2, 0.25) is 5.02 Å². The van der Waals surface area contributed by atoms with Crippen molar-refractivity contribution in [1.29, 1.82) is 0 Å². The summed E-state index contributed by atoms with van der Waals surface area (Å²) in [6, 6.07) is 37.2.